The molecule has 3 aromatic rings. The summed E-state index contributed by atoms with van der Waals surface area (Å²) in [5.74, 6) is 2.07. The maximum atomic E-state index is 13.0. The van der Waals surface area contributed by atoms with E-state index in [2.05, 4.69) is 27.6 Å². The van der Waals surface area contributed by atoms with E-state index in [1.54, 1.807) is 13.3 Å². The highest BCUT2D eigenvalue weighted by atomic mass is 16.5. The highest BCUT2D eigenvalue weighted by molar-refractivity contribution is 5.79. The second-order valence-electron chi connectivity index (χ2n) is 8.72. The molecule has 0 bridgehead atoms. The Kier molecular flexibility index (Phi) is 5.43. The lowest BCUT2D eigenvalue weighted by atomic mass is 9.83. The van der Waals surface area contributed by atoms with Crippen molar-refractivity contribution in [1.29, 1.82) is 0 Å². The zero-order valence-electron chi connectivity index (χ0n) is 18.7. The summed E-state index contributed by atoms with van der Waals surface area (Å²) in [4.78, 5) is 26.6. The van der Waals surface area contributed by atoms with Gasteiger partial charge in [0.15, 0.2) is 0 Å². The second kappa shape index (κ2) is 8.39. The maximum Gasteiger partial charge on any atom is 0.226 e. The molecule has 0 atom stereocenters. The summed E-state index contributed by atoms with van der Waals surface area (Å²) in [5, 5.41) is 0. The molecule has 2 aliphatic heterocycles. The van der Waals surface area contributed by atoms with E-state index in [1.807, 2.05) is 47.6 Å². The number of piperidine rings is 1. The molecule has 1 saturated heterocycles. The number of hydrogen-bond acceptors (Lipinski definition) is 5. The molecule has 0 radical (unpaired) electrons. The Morgan fingerprint density at radius 1 is 1.09 bits per heavy atom. The molecule has 4 heterocycles. The van der Waals surface area contributed by atoms with E-state index in [4.69, 9.17) is 9.72 Å². The molecule has 7 nitrogen and oxygen atoms in total. The zero-order valence-corrected chi connectivity index (χ0v) is 18.7. The van der Waals surface area contributed by atoms with Crippen LogP contribution >= 0.6 is 0 Å². The van der Waals surface area contributed by atoms with Crippen molar-refractivity contribution in [2.75, 3.05) is 33.8 Å². The van der Waals surface area contributed by atoms with Gasteiger partial charge in [0.1, 0.15) is 11.6 Å². The Bertz CT molecular complexity index is 1100. The quantitative estimate of drug-likeness (QED) is 0.636. The molecule has 32 heavy (non-hydrogen) atoms. The fourth-order valence-corrected chi connectivity index (χ4v) is 5.15. The third-order valence-corrected chi connectivity index (χ3v) is 7.05. The van der Waals surface area contributed by atoms with Crippen LogP contribution in [0.25, 0.3) is 11.3 Å². The van der Waals surface area contributed by atoms with Gasteiger partial charge in [0.05, 0.1) is 31.0 Å². The molecule has 1 amide bonds. The fraction of sp³-hybridized carbons (Fsp3) is 0.400. The molecule has 7 heteroatoms. The number of benzene rings is 1. The van der Waals surface area contributed by atoms with Crippen LogP contribution in [0, 0.1) is 0 Å². The van der Waals surface area contributed by atoms with Gasteiger partial charge in [-0.2, -0.15) is 0 Å². The summed E-state index contributed by atoms with van der Waals surface area (Å²) in [7, 11) is 3.84. The number of pyridine rings is 1. The summed E-state index contributed by atoms with van der Waals surface area (Å²) < 4.78 is 7.64. The Labute approximate surface area is 188 Å². The Balaban J connectivity index is 1.34. The Morgan fingerprint density at radius 3 is 2.69 bits per heavy atom. The topological polar surface area (TPSA) is 63.5 Å². The monoisotopic (exact) mass is 431 g/mol. The lowest BCUT2D eigenvalue weighted by molar-refractivity contribution is -0.133. The van der Waals surface area contributed by atoms with Gasteiger partial charge in [0.25, 0.3) is 0 Å². The largest absolute Gasteiger partial charge is 0.497 e. The summed E-state index contributed by atoms with van der Waals surface area (Å²) >= 11 is 0. The normalized spacial score (nSPS) is 17.9. The summed E-state index contributed by atoms with van der Waals surface area (Å²) in [6.45, 7) is 3.36. The van der Waals surface area contributed by atoms with Gasteiger partial charge in [-0.3, -0.25) is 14.7 Å². The van der Waals surface area contributed by atoms with Crippen molar-refractivity contribution >= 4 is 5.91 Å². The van der Waals surface area contributed by atoms with Crippen LogP contribution in [0.5, 0.6) is 5.75 Å². The van der Waals surface area contributed by atoms with Crippen LogP contribution in [0.3, 0.4) is 0 Å². The minimum atomic E-state index is -0.133. The maximum absolute atomic E-state index is 13.0. The van der Waals surface area contributed by atoms with Gasteiger partial charge < -0.3 is 14.2 Å². The van der Waals surface area contributed by atoms with Gasteiger partial charge in [-0.05, 0) is 49.7 Å². The van der Waals surface area contributed by atoms with E-state index >= 15 is 0 Å². The molecule has 1 aromatic carbocycles. The van der Waals surface area contributed by atoms with Crippen LogP contribution in [-0.2, 0) is 23.3 Å². The molecule has 1 fully saturated rings. The summed E-state index contributed by atoms with van der Waals surface area (Å²) in [6, 6.07) is 11.8. The van der Waals surface area contributed by atoms with E-state index in [0.29, 0.717) is 6.42 Å². The fourth-order valence-electron chi connectivity index (χ4n) is 5.15. The molecule has 0 aliphatic carbocycles. The first-order valence-electron chi connectivity index (χ1n) is 11.2. The van der Waals surface area contributed by atoms with Crippen molar-refractivity contribution < 1.29 is 9.53 Å². The molecule has 166 valence electrons. The Hall–Kier alpha value is -3.19. The molecule has 0 saturated carbocycles. The van der Waals surface area contributed by atoms with Crippen molar-refractivity contribution in [1.82, 2.24) is 24.3 Å². The number of carbonyl (C=O) groups excluding carboxylic acids is 1. The number of rotatable bonds is 4. The number of likely N-dealkylation sites (N-methyl/N-ethyl adjacent to an activating group) is 1. The minimum Gasteiger partial charge on any atom is -0.497 e. The molecule has 5 rings (SSSR count). The number of likely N-dealkylation sites (tertiary alicyclic amines) is 1. The number of imidazole rings is 1. The number of hydrogen-bond donors (Lipinski definition) is 0. The molecular weight excluding hydrogens is 402 g/mol. The average molecular weight is 432 g/mol. The van der Waals surface area contributed by atoms with Gasteiger partial charge in [0.2, 0.25) is 5.91 Å². The third-order valence-electron chi connectivity index (χ3n) is 7.05. The van der Waals surface area contributed by atoms with Crippen molar-refractivity contribution in [3.8, 4) is 17.0 Å². The molecule has 2 aliphatic rings. The standard InChI is InChI=1S/C25H29N5O2/c1-28-13-14-30-22(20-6-4-10-26-17-20)18-27-24(30)25(28)8-11-29(12-9-25)23(31)16-19-5-3-7-21(15-19)32-2/h3-7,10,15,17-18H,8-9,11-14,16H2,1-2H3. The van der Waals surface area contributed by atoms with Crippen molar-refractivity contribution in [2.45, 2.75) is 31.3 Å². The van der Waals surface area contributed by atoms with Crippen molar-refractivity contribution in [2.24, 2.45) is 0 Å². The number of fused-ring (bicyclic) bond motifs is 2. The molecular formula is C25H29N5O2. The van der Waals surface area contributed by atoms with E-state index in [9.17, 15) is 4.79 Å². The highest BCUT2D eigenvalue weighted by Crippen LogP contribution is 2.41. The number of ether oxygens (including phenoxy) is 1. The highest BCUT2D eigenvalue weighted by Gasteiger charge is 2.46. The lowest BCUT2D eigenvalue weighted by Crippen LogP contribution is -2.57. The van der Waals surface area contributed by atoms with Crippen molar-refractivity contribution in [3.05, 3.63) is 66.4 Å². The van der Waals surface area contributed by atoms with Crippen LogP contribution < -0.4 is 4.74 Å². The molecule has 1 spiro atoms. The Morgan fingerprint density at radius 2 is 1.94 bits per heavy atom. The van der Waals surface area contributed by atoms with Crippen LogP contribution in [0.15, 0.2) is 55.0 Å². The lowest BCUT2D eigenvalue weighted by Gasteiger charge is -2.49. The first kappa shape index (κ1) is 20.7. The minimum absolute atomic E-state index is 0.133. The van der Waals surface area contributed by atoms with Crippen LogP contribution in [0.2, 0.25) is 0 Å². The number of carbonyl (C=O) groups is 1. The van der Waals surface area contributed by atoms with Gasteiger partial charge in [-0.1, -0.05) is 12.1 Å². The van der Waals surface area contributed by atoms with E-state index in [-0.39, 0.29) is 11.4 Å². The van der Waals surface area contributed by atoms with Gasteiger partial charge >= 0.3 is 0 Å². The smallest absolute Gasteiger partial charge is 0.226 e. The number of nitrogens with zero attached hydrogens (tertiary/aromatic N) is 5. The summed E-state index contributed by atoms with van der Waals surface area (Å²) in [5.41, 5.74) is 3.07. The number of methoxy groups -OCH3 is 1. The van der Waals surface area contributed by atoms with E-state index in [0.717, 1.165) is 67.4 Å². The van der Waals surface area contributed by atoms with Crippen LogP contribution in [0.4, 0.5) is 0 Å². The third kappa shape index (κ3) is 3.56. The first-order valence-corrected chi connectivity index (χ1v) is 11.2. The predicted octanol–water partition coefficient (Wildman–Crippen LogP) is 2.96. The average Bonchev–Trinajstić information content (AvgIpc) is 3.28. The zero-order chi connectivity index (χ0) is 22.1. The molecule has 2 aromatic heterocycles. The van der Waals surface area contributed by atoms with Gasteiger partial charge in [0, 0.05) is 44.1 Å². The van der Waals surface area contributed by atoms with Crippen molar-refractivity contribution in [3.63, 3.8) is 0 Å². The van der Waals surface area contributed by atoms with Gasteiger partial charge in [-0.15, -0.1) is 0 Å². The van der Waals surface area contributed by atoms with Gasteiger partial charge in [-0.25, -0.2) is 4.98 Å². The predicted molar refractivity (Wildman–Crippen MR) is 122 cm³/mol. The van der Waals surface area contributed by atoms with E-state index in [1.165, 1.54) is 0 Å². The van der Waals surface area contributed by atoms with Crippen LogP contribution in [-0.4, -0.2) is 64.0 Å². The number of aromatic nitrogens is 3. The van der Waals surface area contributed by atoms with Crippen LogP contribution in [0.1, 0.15) is 24.2 Å². The summed E-state index contributed by atoms with van der Waals surface area (Å²) in [6.07, 6.45) is 7.85. The molecule has 0 N–H and O–H groups in total. The number of amides is 1. The van der Waals surface area contributed by atoms with E-state index < -0.39 is 0 Å². The SMILES string of the molecule is COc1cccc(CC(=O)N2CCC3(CC2)c2ncc(-c4cccnc4)n2CCN3C)c1. The first-order chi connectivity index (χ1) is 15.6. The second-order valence-corrected chi connectivity index (χ2v) is 8.72. The molecule has 0 unspecified atom stereocenters.